The molecule has 3 N–H and O–H groups in total. The Hall–Kier alpha value is -1.64. The quantitative estimate of drug-likeness (QED) is 0.631. The monoisotopic (exact) mass is 268 g/mol. The van der Waals surface area contributed by atoms with Gasteiger partial charge < -0.3 is 0 Å². The molecular weight excluding hydrogens is 244 g/mol. The first-order chi connectivity index (χ1) is 9.63. The van der Waals surface area contributed by atoms with Crippen LogP contribution in [-0.4, -0.2) is 0 Å². The Kier molecular flexibility index (Phi) is 4.94. The van der Waals surface area contributed by atoms with Crippen LogP contribution in [-0.2, 0) is 0 Å². The van der Waals surface area contributed by atoms with Gasteiger partial charge in [0.1, 0.15) is 0 Å². The maximum absolute atomic E-state index is 5.74. The second kappa shape index (κ2) is 6.69. The first-order valence-electron chi connectivity index (χ1n) is 7.25. The van der Waals surface area contributed by atoms with Gasteiger partial charge >= 0.3 is 0 Å². The molecule has 0 fully saturated rings. The molecule has 0 radical (unpaired) electrons. The van der Waals surface area contributed by atoms with Crippen molar-refractivity contribution in [1.29, 1.82) is 0 Å². The van der Waals surface area contributed by atoms with Crippen LogP contribution in [0.5, 0.6) is 0 Å². The van der Waals surface area contributed by atoms with E-state index in [-0.39, 0.29) is 6.04 Å². The van der Waals surface area contributed by atoms with Crippen molar-refractivity contribution in [2.75, 3.05) is 0 Å². The number of hydrogen-bond acceptors (Lipinski definition) is 2. The molecule has 106 valence electrons. The lowest BCUT2D eigenvalue weighted by Gasteiger charge is -2.26. The minimum Gasteiger partial charge on any atom is -0.271 e. The van der Waals surface area contributed by atoms with Crippen LogP contribution in [0.3, 0.4) is 0 Å². The summed E-state index contributed by atoms with van der Waals surface area (Å²) in [4.78, 5) is 0. The Morgan fingerprint density at radius 1 is 0.800 bits per heavy atom. The van der Waals surface area contributed by atoms with Crippen molar-refractivity contribution in [2.45, 2.75) is 26.8 Å². The zero-order chi connectivity index (χ0) is 14.5. The molecular formula is C18H24N2. The number of nitrogens with two attached hydrogens (primary N) is 1. The van der Waals surface area contributed by atoms with Crippen LogP contribution >= 0.6 is 0 Å². The van der Waals surface area contributed by atoms with Crippen LogP contribution in [0.2, 0.25) is 0 Å². The van der Waals surface area contributed by atoms with E-state index in [1.54, 1.807) is 0 Å². The van der Waals surface area contributed by atoms with Gasteiger partial charge in [-0.2, -0.15) is 0 Å². The molecule has 0 aliphatic carbocycles. The molecule has 2 heteroatoms. The summed E-state index contributed by atoms with van der Waals surface area (Å²) in [6.07, 6.45) is 0. The van der Waals surface area contributed by atoms with Gasteiger partial charge in [0.25, 0.3) is 0 Å². The van der Waals surface area contributed by atoms with Crippen LogP contribution in [0, 0.1) is 11.8 Å². The highest BCUT2D eigenvalue weighted by atomic mass is 15.2. The molecule has 0 heterocycles. The van der Waals surface area contributed by atoms with Crippen molar-refractivity contribution in [3.05, 3.63) is 60.2 Å². The van der Waals surface area contributed by atoms with Gasteiger partial charge in [-0.15, -0.1) is 0 Å². The first kappa shape index (κ1) is 14.8. The molecule has 2 atom stereocenters. The average molecular weight is 268 g/mol. The Morgan fingerprint density at radius 3 is 1.85 bits per heavy atom. The molecule has 2 aromatic carbocycles. The van der Waals surface area contributed by atoms with Gasteiger partial charge in [-0.05, 0) is 28.5 Å². The van der Waals surface area contributed by atoms with Crippen molar-refractivity contribution < 1.29 is 0 Å². The SMILES string of the molecule is CC(C)C(C)C(NN)c1ccc(-c2ccccc2)cc1. The molecule has 2 aromatic rings. The maximum Gasteiger partial charge on any atom is 0.0487 e. The highest BCUT2D eigenvalue weighted by molar-refractivity contribution is 5.63. The molecule has 2 unspecified atom stereocenters. The maximum atomic E-state index is 5.74. The van der Waals surface area contributed by atoms with Crippen molar-refractivity contribution in [3.8, 4) is 11.1 Å². The number of benzene rings is 2. The highest BCUT2D eigenvalue weighted by Crippen LogP contribution is 2.28. The number of nitrogens with one attached hydrogen (secondary N) is 1. The van der Waals surface area contributed by atoms with E-state index in [4.69, 9.17) is 5.84 Å². The largest absolute Gasteiger partial charge is 0.271 e. The van der Waals surface area contributed by atoms with E-state index in [0.29, 0.717) is 11.8 Å². The van der Waals surface area contributed by atoms with Crippen LogP contribution in [0.15, 0.2) is 54.6 Å². The summed E-state index contributed by atoms with van der Waals surface area (Å²) in [6.45, 7) is 6.70. The lowest BCUT2D eigenvalue weighted by Crippen LogP contribution is -2.34. The van der Waals surface area contributed by atoms with Gasteiger partial charge in [-0.25, -0.2) is 0 Å². The van der Waals surface area contributed by atoms with Crippen LogP contribution in [0.1, 0.15) is 32.4 Å². The number of rotatable bonds is 5. The van der Waals surface area contributed by atoms with Crippen LogP contribution in [0.4, 0.5) is 0 Å². The lowest BCUT2D eigenvalue weighted by molar-refractivity contribution is 0.306. The first-order valence-corrected chi connectivity index (χ1v) is 7.25. The standard InChI is InChI=1S/C18H24N2/c1-13(2)14(3)18(20-19)17-11-9-16(10-12-17)15-7-5-4-6-8-15/h4-14,18,20H,19H2,1-3H3. The van der Waals surface area contributed by atoms with E-state index in [1.807, 2.05) is 6.07 Å². The molecule has 2 nitrogen and oxygen atoms in total. The van der Waals surface area contributed by atoms with E-state index in [1.165, 1.54) is 16.7 Å². The van der Waals surface area contributed by atoms with Gasteiger partial charge in [0.05, 0.1) is 0 Å². The van der Waals surface area contributed by atoms with E-state index >= 15 is 0 Å². The fraction of sp³-hybridized carbons (Fsp3) is 0.333. The third kappa shape index (κ3) is 3.27. The second-order valence-electron chi connectivity index (χ2n) is 5.74. The summed E-state index contributed by atoms with van der Waals surface area (Å²) in [5.74, 6) is 6.82. The van der Waals surface area contributed by atoms with Crippen LogP contribution < -0.4 is 11.3 Å². The smallest absolute Gasteiger partial charge is 0.0487 e. The third-order valence-corrected chi connectivity index (χ3v) is 4.13. The van der Waals surface area contributed by atoms with Crippen molar-refractivity contribution in [1.82, 2.24) is 5.43 Å². The van der Waals surface area contributed by atoms with Crippen molar-refractivity contribution in [2.24, 2.45) is 17.7 Å². The van der Waals surface area contributed by atoms with Crippen molar-refractivity contribution in [3.63, 3.8) is 0 Å². The predicted molar refractivity (Wildman–Crippen MR) is 85.9 cm³/mol. The molecule has 0 aromatic heterocycles. The van der Waals surface area contributed by atoms with E-state index in [0.717, 1.165) is 0 Å². The summed E-state index contributed by atoms with van der Waals surface area (Å²) < 4.78 is 0. The summed E-state index contributed by atoms with van der Waals surface area (Å²) in [5.41, 5.74) is 6.68. The average Bonchev–Trinajstić information content (AvgIpc) is 2.49. The van der Waals surface area contributed by atoms with Crippen LogP contribution in [0.25, 0.3) is 11.1 Å². The minimum atomic E-state index is 0.194. The Labute approximate surface area is 122 Å². The molecule has 0 saturated carbocycles. The minimum absolute atomic E-state index is 0.194. The zero-order valence-corrected chi connectivity index (χ0v) is 12.5. The number of hydrogen-bond donors (Lipinski definition) is 2. The Bertz CT molecular complexity index is 517. The summed E-state index contributed by atoms with van der Waals surface area (Å²) in [5, 5.41) is 0. The second-order valence-corrected chi connectivity index (χ2v) is 5.74. The van der Waals surface area contributed by atoms with Gasteiger partial charge in [0.15, 0.2) is 0 Å². The molecule has 0 spiro atoms. The molecule has 0 bridgehead atoms. The summed E-state index contributed by atoms with van der Waals surface area (Å²) in [7, 11) is 0. The molecule has 2 rings (SSSR count). The summed E-state index contributed by atoms with van der Waals surface area (Å²) >= 11 is 0. The Morgan fingerprint density at radius 2 is 1.35 bits per heavy atom. The Balaban J connectivity index is 2.23. The normalized spacial score (nSPS) is 14.2. The van der Waals surface area contributed by atoms with E-state index in [9.17, 15) is 0 Å². The van der Waals surface area contributed by atoms with Crippen molar-refractivity contribution >= 4 is 0 Å². The molecule has 0 saturated heterocycles. The van der Waals surface area contributed by atoms with Gasteiger partial charge in [0.2, 0.25) is 0 Å². The molecule has 0 aliphatic rings. The highest BCUT2D eigenvalue weighted by Gasteiger charge is 2.20. The number of hydrazine groups is 1. The van der Waals surface area contributed by atoms with Gasteiger partial charge in [0, 0.05) is 6.04 Å². The topological polar surface area (TPSA) is 38.0 Å². The lowest BCUT2D eigenvalue weighted by atomic mass is 9.86. The molecule has 20 heavy (non-hydrogen) atoms. The fourth-order valence-corrected chi connectivity index (χ4v) is 2.45. The predicted octanol–water partition coefficient (Wildman–Crippen LogP) is 4.15. The van der Waals surface area contributed by atoms with Gasteiger partial charge in [-0.3, -0.25) is 11.3 Å². The molecule has 0 aliphatic heterocycles. The zero-order valence-electron chi connectivity index (χ0n) is 12.5. The fourth-order valence-electron chi connectivity index (χ4n) is 2.45. The third-order valence-electron chi connectivity index (χ3n) is 4.13. The summed E-state index contributed by atoms with van der Waals surface area (Å²) in [6, 6.07) is 19.3. The van der Waals surface area contributed by atoms with E-state index in [2.05, 4.69) is 74.7 Å². The van der Waals surface area contributed by atoms with E-state index < -0.39 is 0 Å². The molecule has 0 amide bonds. The van der Waals surface area contributed by atoms with Gasteiger partial charge in [-0.1, -0.05) is 75.4 Å².